The summed E-state index contributed by atoms with van der Waals surface area (Å²) in [6, 6.07) is 11.5. The van der Waals surface area contributed by atoms with Gasteiger partial charge in [0.1, 0.15) is 6.54 Å². The van der Waals surface area contributed by atoms with E-state index in [1.165, 1.54) is 11.3 Å². The number of rotatable bonds is 3. The fraction of sp³-hybridized carbons (Fsp3) is 0.136. The highest BCUT2D eigenvalue weighted by Gasteiger charge is 2.15. The molecular formula is C22H17N3O3S. The minimum atomic E-state index is -0.909. The Bertz CT molecular complexity index is 1560. The monoisotopic (exact) mass is 403 g/mol. The van der Waals surface area contributed by atoms with Gasteiger partial charge < -0.3 is 9.67 Å². The molecule has 0 unspecified atom stereocenters. The largest absolute Gasteiger partial charge is 0.480 e. The van der Waals surface area contributed by atoms with Crippen LogP contribution in [0.15, 0.2) is 47.4 Å². The Balaban J connectivity index is 1.76. The van der Waals surface area contributed by atoms with Gasteiger partial charge in [0, 0.05) is 22.7 Å². The summed E-state index contributed by atoms with van der Waals surface area (Å²) in [4.78, 5) is 29.7. The molecule has 0 amide bonds. The number of aryl methyl sites for hydroxylation is 2. The van der Waals surface area contributed by atoms with Crippen molar-refractivity contribution in [1.82, 2.24) is 14.0 Å². The zero-order valence-electron chi connectivity index (χ0n) is 15.8. The van der Waals surface area contributed by atoms with Crippen LogP contribution >= 0.6 is 11.3 Å². The lowest BCUT2D eigenvalue weighted by molar-refractivity contribution is -0.137. The van der Waals surface area contributed by atoms with E-state index in [0.29, 0.717) is 9.49 Å². The van der Waals surface area contributed by atoms with Gasteiger partial charge in [0.2, 0.25) is 0 Å². The van der Waals surface area contributed by atoms with E-state index in [9.17, 15) is 14.7 Å². The molecule has 29 heavy (non-hydrogen) atoms. The van der Waals surface area contributed by atoms with Gasteiger partial charge in [-0.05, 0) is 43.2 Å². The standard InChI is InChI=1S/C22H17N3O3S/c1-12-7-8-17-20(13(12)2)23-22-25(17)21(28)18(29-22)9-14-10-24(11-19(26)27)16-6-4-3-5-15(14)16/h3-10H,11H2,1-2H3,(H,26,27). The lowest BCUT2D eigenvalue weighted by atomic mass is 10.1. The van der Waals surface area contributed by atoms with Crippen molar-refractivity contribution in [3.8, 4) is 0 Å². The van der Waals surface area contributed by atoms with Gasteiger partial charge in [0.25, 0.3) is 5.56 Å². The summed E-state index contributed by atoms with van der Waals surface area (Å²) in [6.07, 6.45) is 3.61. The summed E-state index contributed by atoms with van der Waals surface area (Å²) >= 11 is 1.35. The Kier molecular flexibility index (Phi) is 3.82. The van der Waals surface area contributed by atoms with Crippen molar-refractivity contribution in [1.29, 1.82) is 0 Å². The molecule has 0 aliphatic rings. The quantitative estimate of drug-likeness (QED) is 0.502. The Morgan fingerprint density at radius 1 is 1.17 bits per heavy atom. The molecule has 2 aromatic carbocycles. The van der Waals surface area contributed by atoms with Crippen molar-refractivity contribution in [2.45, 2.75) is 20.4 Å². The van der Waals surface area contributed by atoms with Gasteiger partial charge in [-0.1, -0.05) is 35.6 Å². The van der Waals surface area contributed by atoms with Crippen LogP contribution in [0.25, 0.3) is 33.0 Å². The highest BCUT2D eigenvalue weighted by atomic mass is 32.1. The predicted octanol–water partition coefficient (Wildman–Crippen LogP) is 3.11. The van der Waals surface area contributed by atoms with Crippen LogP contribution in [0.1, 0.15) is 16.7 Å². The number of hydrogen-bond donors (Lipinski definition) is 1. The molecule has 5 rings (SSSR count). The van der Waals surface area contributed by atoms with Crippen molar-refractivity contribution in [3.05, 3.63) is 74.2 Å². The van der Waals surface area contributed by atoms with E-state index in [2.05, 4.69) is 4.98 Å². The highest BCUT2D eigenvalue weighted by molar-refractivity contribution is 7.15. The number of aliphatic carboxylic acids is 1. The predicted molar refractivity (Wildman–Crippen MR) is 115 cm³/mol. The Morgan fingerprint density at radius 3 is 2.76 bits per heavy atom. The van der Waals surface area contributed by atoms with Crippen LogP contribution in [-0.2, 0) is 11.3 Å². The molecule has 0 saturated heterocycles. The van der Waals surface area contributed by atoms with Crippen LogP contribution in [0.3, 0.4) is 0 Å². The third kappa shape index (κ3) is 2.66. The first-order valence-electron chi connectivity index (χ1n) is 9.16. The molecule has 0 aliphatic carbocycles. The number of imidazole rings is 1. The van der Waals surface area contributed by atoms with Gasteiger partial charge in [-0.25, -0.2) is 9.38 Å². The third-order valence-corrected chi connectivity index (χ3v) is 6.32. The van der Waals surface area contributed by atoms with Crippen LogP contribution in [0.5, 0.6) is 0 Å². The fourth-order valence-corrected chi connectivity index (χ4v) is 4.74. The summed E-state index contributed by atoms with van der Waals surface area (Å²) in [5.74, 6) is -0.909. The first-order valence-corrected chi connectivity index (χ1v) is 9.98. The number of fused-ring (bicyclic) bond motifs is 4. The van der Waals surface area contributed by atoms with Crippen molar-refractivity contribution in [3.63, 3.8) is 0 Å². The second-order valence-corrected chi connectivity index (χ2v) is 8.15. The van der Waals surface area contributed by atoms with Gasteiger partial charge in [0.15, 0.2) is 4.96 Å². The smallest absolute Gasteiger partial charge is 0.323 e. The van der Waals surface area contributed by atoms with E-state index >= 15 is 0 Å². The zero-order valence-corrected chi connectivity index (χ0v) is 16.7. The fourth-order valence-electron chi connectivity index (χ4n) is 3.77. The van der Waals surface area contributed by atoms with E-state index < -0.39 is 5.97 Å². The number of para-hydroxylation sites is 1. The van der Waals surface area contributed by atoms with Crippen molar-refractivity contribution < 1.29 is 9.90 Å². The van der Waals surface area contributed by atoms with E-state index in [1.807, 2.05) is 56.3 Å². The normalized spacial score (nSPS) is 12.6. The molecule has 0 aliphatic heterocycles. The number of thiazole rings is 1. The number of carbonyl (C=O) groups is 1. The molecule has 0 fully saturated rings. The molecule has 1 N–H and O–H groups in total. The van der Waals surface area contributed by atoms with E-state index in [0.717, 1.165) is 38.6 Å². The third-order valence-electron chi connectivity index (χ3n) is 5.35. The van der Waals surface area contributed by atoms with Gasteiger partial charge in [0.05, 0.1) is 15.6 Å². The highest BCUT2D eigenvalue weighted by Crippen LogP contribution is 2.24. The summed E-state index contributed by atoms with van der Waals surface area (Å²) in [5.41, 5.74) is 5.45. The van der Waals surface area contributed by atoms with Crippen molar-refractivity contribution in [2.75, 3.05) is 0 Å². The summed E-state index contributed by atoms with van der Waals surface area (Å²) in [5, 5.41) is 10.1. The first kappa shape index (κ1) is 17.6. The maximum Gasteiger partial charge on any atom is 0.323 e. The minimum Gasteiger partial charge on any atom is -0.480 e. The van der Waals surface area contributed by atoms with Crippen LogP contribution in [0.4, 0.5) is 0 Å². The Hall–Kier alpha value is -3.45. The maximum atomic E-state index is 13.1. The topological polar surface area (TPSA) is 76.6 Å². The van der Waals surface area contributed by atoms with Gasteiger partial charge in [-0.3, -0.25) is 9.59 Å². The number of carboxylic acids is 1. The molecule has 7 heteroatoms. The molecule has 6 nitrogen and oxygen atoms in total. The molecule has 3 heterocycles. The van der Waals surface area contributed by atoms with E-state index in [1.54, 1.807) is 15.2 Å². The molecule has 0 atom stereocenters. The van der Waals surface area contributed by atoms with Crippen LogP contribution in [0.2, 0.25) is 0 Å². The van der Waals surface area contributed by atoms with Crippen LogP contribution < -0.4 is 10.1 Å². The molecular weight excluding hydrogens is 386 g/mol. The van der Waals surface area contributed by atoms with Gasteiger partial charge in [-0.15, -0.1) is 0 Å². The van der Waals surface area contributed by atoms with Crippen LogP contribution in [0, 0.1) is 13.8 Å². The van der Waals surface area contributed by atoms with E-state index in [4.69, 9.17) is 0 Å². The average Bonchev–Trinajstić information content (AvgIpc) is 3.31. The molecule has 0 radical (unpaired) electrons. The van der Waals surface area contributed by atoms with Crippen molar-refractivity contribution in [2.24, 2.45) is 0 Å². The SMILES string of the molecule is Cc1ccc2c(nc3sc(=Cc4cn(CC(=O)O)c5ccccc45)c(=O)n32)c1C. The average molecular weight is 403 g/mol. The zero-order chi connectivity index (χ0) is 20.3. The summed E-state index contributed by atoms with van der Waals surface area (Å²) in [6.45, 7) is 3.92. The number of carboxylic acid groups (broad SMARTS) is 1. The molecule has 0 spiro atoms. The second kappa shape index (κ2) is 6.28. The number of nitrogens with zero attached hydrogens (tertiary/aromatic N) is 3. The maximum absolute atomic E-state index is 13.1. The van der Waals surface area contributed by atoms with Gasteiger partial charge in [-0.2, -0.15) is 0 Å². The first-order chi connectivity index (χ1) is 13.9. The molecule has 5 aromatic rings. The molecule has 0 saturated carbocycles. The lowest BCUT2D eigenvalue weighted by Gasteiger charge is -1.99. The molecule has 3 aromatic heterocycles. The summed E-state index contributed by atoms with van der Waals surface area (Å²) < 4.78 is 3.92. The van der Waals surface area contributed by atoms with Crippen molar-refractivity contribution >= 4 is 50.3 Å². The Labute approximate surface area is 169 Å². The number of aromatic nitrogens is 3. The Morgan fingerprint density at radius 2 is 1.97 bits per heavy atom. The number of benzene rings is 2. The molecule has 0 bridgehead atoms. The van der Waals surface area contributed by atoms with Crippen LogP contribution in [-0.4, -0.2) is 25.0 Å². The number of hydrogen-bond acceptors (Lipinski definition) is 4. The van der Waals surface area contributed by atoms with Gasteiger partial charge >= 0.3 is 5.97 Å². The lowest BCUT2D eigenvalue weighted by Crippen LogP contribution is -2.22. The summed E-state index contributed by atoms with van der Waals surface area (Å²) in [7, 11) is 0. The second-order valence-electron chi connectivity index (χ2n) is 7.14. The molecule has 144 valence electrons. The van der Waals surface area contributed by atoms with E-state index in [-0.39, 0.29) is 12.1 Å². The minimum absolute atomic E-state index is 0.106.